The largest absolute Gasteiger partial charge is 0.497 e. The zero-order valence-corrected chi connectivity index (χ0v) is 24.9. The van der Waals surface area contributed by atoms with Crippen molar-refractivity contribution in [3.63, 3.8) is 0 Å². The van der Waals surface area contributed by atoms with Gasteiger partial charge in [-0.2, -0.15) is 0 Å². The number of morpholine rings is 1. The standard InChI is InChI=1S/C32H41N3O8/c1-21(33-28(37)19-35-13-15-42-16-14-35)27(36)18-25(29(38)23-9-11-24(41-3)12-10-23)31(40)34-26(30(39)32(2)20-43-32)17-22-7-5-4-6-8-22/h4-12,21,25-26,29,38H,13-20H2,1-3H3,(H,33,37)(H,34,40). The number of hydrogen-bond acceptors (Lipinski definition) is 9. The van der Waals surface area contributed by atoms with Gasteiger partial charge in [0.15, 0.2) is 11.6 Å². The molecule has 0 radical (unpaired) electrons. The van der Waals surface area contributed by atoms with E-state index in [1.807, 2.05) is 35.2 Å². The first-order valence-corrected chi connectivity index (χ1v) is 14.6. The third kappa shape index (κ3) is 8.93. The molecule has 232 valence electrons. The molecule has 2 aromatic rings. The minimum Gasteiger partial charge on any atom is -0.497 e. The van der Waals surface area contributed by atoms with Crippen molar-refractivity contribution in [2.75, 3.05) is 46.6 Å². The van der Waals surface area contributed by atoms with Crippen LogP contribution in [0.15, 0.2) is 54.6 Å². The average Bonchev–Trinajstić information content (AvgIpc) is 3.77. The number of amides is 2. The third-order valence-electron chi connectivity index (χ3n) is 7.94. The summed E-state index contributed by atoms with van der Waals surface area (Å²) in [5.74, 6) is -2.34. The Hall–Kier alpha value is -3.64. The van der Waals surface area contributed by atoms with Crippen LogP contribution in [0.5, 0.6) is 5.75 Å². The second-order valence-corrected chi connectivity index (χ2v) is 11.3. The van der Waals surface area contributed by atoms with Crippen LogP contribution in [-0.4, -0.2) is 97.6 Å². The molecule has 0 spiro atoms. The number of nitrogens with one attached hydrogen (secondary N) is 2. The molecule has 0 aliphatic carbocycles. The minimum absolute atomic E-state index is 0.128. The maximum atomic E-state index is 13.8. The Kier molecular flexibility index (Phi) is 11.0. The zero-order valence-electron chi connectivity index (χ0n) is 24.9. The van der Waals surface area contributed by atoms with Crippen LogP contribution in [0.3, 0.4) is 0 Å². The molecule has 5 atom stereocenters. The fourth-order valence-corrected chi connectivity index (χ4v) is 5.06. The summed E-state index contributed by atoms with van der Waals surface area (Å²) < 4.78 is 15.9. The maximum absolute atomic E-state index is 13.8. The van der Waals surface area contributed by atoms with Crippen molar-refractivity contribution < 1.29 is 38.5 Å². The first kappa shape index (κ1) is 32.3. The lowest BCUT2D eigenvalue weighted by atomic mass is 9.87. The summed E-state index contributed by atoms with van der Waals surface area (Å²) >= 11 is 0. The molecule has 0 aromatic heterocycles. The number of methoxy groups -OCH3 is 1. The molecule has 2 saturated heterocycles. The van der Waals surface area contributed by atoms with Gasteiger partial charge in [0.1, 0.15) is 11.4 Å². The van der Waals surface area contributed by atoms with Gasteiger partial charge in [0.25, 0.3) is 0 Å². The normalized spacial score (nSPS) is 21.1. The lowest BCUT2D eigenvalue weighted by Crippen LogP contribution is -2.51. The molecule has 4 rings (SSSR count). The van der Waals surface area contributed by atoms with Crippen LogP contribution in [0.1, 0.15) is 37.5 Å². The van der Waals surface area contributed by atoms with Crippen LogP contribution in [0, 0.1) is 5.92 Å². The van der Waals surface area contributed by atoms with Crippen molar-refractivity contribution in [1.82, 2.24) is 15.5 Å². The van der Waals surface area contributed by atoms with Gasteiger partial charge >= 0.3 is 0 Å². The van der Waals surface area contributed by atoms with Gasteiger partial charge in [-0.05, 0) is 43.5 Å². The molecule has 11 nitrogen and oxygen atoms in total. The molecule has 0 bridgehead atoms. The third-order valence-corrected chi connectivity index (χ3v) is 7.94. The maximum Gasteiger partial charge on any atom is 0.234 e. The Morgan fingerprint density at radius 2 is 1.67 bits per heavy atom. The molecule has 2 aliphatic heterocycles. The van der Waals surface area contributed by atoms with E-state index in [1.54, 1.807) is 38.1 Å². The van der Waals surface area contributed by atoms with Crippen molar-refractivity contribution in [2.24, 2.45) is 5.92 Å². The van der Waals surface area contributed by atoms with E-state index in [-0.39, 0.29) is 37.7 Å². The number of carbonyl (C=O) groups is 4. The molecule has 2 aliphatic rings. The lowest BCUT2D eigenvalue weighted by molar-refractivity contribution is -0.137. The van der Waals surface area contributed by atoms with Gasteiger partial charge in [0.2, 0.25) is 11.8 Å². The number of rotatable bonds is 15. The summed E-state index contributed by atoms with van der Waals surface area (Å²) in [6, 6.07) is 14.0. The van der Waals surface area contributed by atoms with E-state index in [9.17, 15) is 24.3 Å². The van der Waals surface area contributed by atoms with Gasteiger partial charge in [-0.15, -0.1) is 0 Å². The van der Waals surface area contributed by atoms with Crippen LogP contribution in [0.4, 0.5) is 0 Å². The molecule has 3 N–H and O–H groups in total. The van der Waals surface area contributed by atoms with E-state index in [0.717, 1.165) is 5.56 Å². The van der Waals surface area contributed by atoms with E-state index >= 15 is 0 Å². The zero-order chi connectivity index (χ0) is 31.0. The number of Topliss-reactive ketones (excluding diaryl/α,β-unsaturated/α-hetero) is 2. The van der Waals surface area contributed by atoms with Crippen molar-refractivity contribution in [1.29, 1.82) is 0 Å². The number of epoxide rings is 1. The fraction of sp³-hybridized carbons (Fsp3) is 0.500. The second-order valence-electron chi connectivity index (χ2n) is 11.3. The Morgan fingerprint density at radius 1 is 1.02 bits per heavy atom. The topological polar surface area (TPSA) is 147 Å². The van der Waals surface area contributed by atoms with E-state index in [0.29, 0.717) is 37.6 Å². The number of hydrogen-bond donors (Lipinski definition) is 3. The predicted octanol–water partition coefficient (Wildman–Crippen LogP) is 1.23. The molecule has 5 unspecified atom stereocenters. The quantitative estimate of drug-likeness (QED) is 0.259. The van der Waals surface area contributed by atoms with Gasteiger partial charge in [-0.25, -0.2) is 0 Å². The van der Waals surface area contributed by atoms with Gasteiger partial charge < -0.3 is 30.0 Å². The average molecular weight is 596 g/mol. The summed E-state index contributed by atoms with van der Waals surface area (Å²) in [5, 5.41) is 16.9. The van der Waals surface area contributed by atoms with Crippen LogP contribution < -0.4 is 15.4 Å². The van der Waals surface area contributed by atoms with Crippen LogP contribution in [-0.2, 0) is 35.1 Å². The Labute approximate surface area is 251 Å². The number of aliphatic hydroxyl groups is 1. The molecule has 2 amide bonds. The number of carbonyl (C=O) groups excluding carboxylic acids is 4. The van der Waals surface area contributed by atoms with Gasteiger partial charge in [0.05, 0.1) is 57.6 Å². The van der Waals surface area contributed by atoms with Crippen LogP contribution >= 0.6 is 0 Å². The molecular formula is C32H41N3O8. The predicted molar refractivity (Wildman–Crippen MR) is 157 cm³/mol. The summed E-state index contributed by atoms with van der Waals surface area (Å²) in [6.07, 6.45) is -1.51. The number of ether oxygens (including phenoxy) is 3. The summed E-state index contributed by atoms with van der Waals surface area (Å²) in [7, 11) is 1.52. The van der Waals surface area contributed by atoms with E-state index in [4.69, 9.17) is 14.2 Å². The van der Waals surface area contributed by atoms with Gasteiger partial charge in [0, 0.05) is 19.5 Å². The fourth-order valence-electron chi connectivity index (χ4n) is 5.06. The Balaban J connectivity index is 1.50. The monoisotopic (exact) mass is 595 g/mol. The SMILES string of the molecule is COc1ccc(C(O)C(CC(=O)C(C)NC(=O)CN2CCOCC2)C(=O)NC(Cc2ccccc2)C(=O)C2(C)CO2)cc1. The highest BCUT2D eigenvalue weighted by Gasteiger charge is 2.50. The van der Waals surface area contributed by atoms with E-state index < -0.39 is 41.4 Å². The van der Waals surface area contributed by atoms with Crippen LogP contribution in [0.2, 0.25) is 0 Å². The Bertz CT molecular complexity index is 1260. The number of nitrogens with zero attached hydrogens (tertiary/aromatic N) is 1. The number of ketones is 2. The van der Waals surface area contributed by atoms with Crippen molar-refractivity contribution in [3.05, 3.63) is 65.7 Å². The molecule has 2 heterocycles. The highest BCUT2D eigenvalue weighted by molar-refractivity contribution is 5.98. The molecule has 0 saturated carbocycles. The first-order valence-electron chi connectivity index (χ1n) is 14.6. The molecule has 11 heteroatoms. The molecule has 2 aromatic carbocycles. The number of aliphatic hydroxyl groups excluding tert-OH is 1. The minimum atomic E-state index is -1.37. The molecular weight excluding hydrogens is 554 g/mol. The Morgan fingerprint density at radius 3 is 2.28 bits per heavy atom. The highest BCUT2D eigenvalue weighted by atomic mass is 16.6. The molecule has 43 heavy (non-hydrogen) atoms. The number of benzene rings is 2. The second kappa shape index (κ2) is 14.7. The smallest absolute Gasteiger partial charge is 0.234 e. The van der Waals surface area contributed by atoms with Crippen molar-refractivity contribution in [3.8, 4) is 5.75 Å². The lowest BCUT2D eigenvalue weighted by Gasteiger charge is -2.28. The summed E-state index contributed by atoms with van der Waals surface area (Å²) in [5.41, 5.74) is 0.248. The van der Waals surface area contributed by atoms with Crippen molar-refractivity contribution >= 4 is 23.4 Å². The van der Waals surface area contributed by atoms with Gasteiger partial charge in [-0.1, -0.05) is 42.5 Å². The van der Waals surface area contributed by atoms with Crippen molar-refractivity contribution in [2.45, 2.75) is 50.5 Å². The summed E-state index contributed by atoms with van der Waals surface area (Å²) in [4.78, 5) is 55.1. The van der Waals surface area contributed by atoms with Crippen LogP contribution in [0.25, 0.3) is 0 Å². The highest BCUT2D eigenvalue weighted by Crippen LogP contribution is 2.31. The summed E-state index contributed by atoms with van der Waals surface area (Å²) in [6.45, 7) is 5.95. The van der Waals surface area contributed by atoms with Gasteiger partial charge in [-0.3, -0.25) is 24.1 Å². The molecule has 2 fully saturated rings. The first-order chi connectivity index (χ1) is 20.6. The van der Waals surface area contributed by atoms with E-state index in [2.05, 4.69) is 10.6 Å². The van der Waals surface area contributed by atoms with E-state index in [1.165, 1.54) is 7.11 Å².